The number of aliphatic hydroxyl groups excluding tert-OH is 1. The fourth-order valence-corrected chi connectivity index (χ4v) is 2.37. The highest BCUT2D eigenvalue weighted by Gasteiger charge is 2.18. The molecular formula is C14H21FN2O. The maximum absolute atomic E-state index is 13.5. The summed E-state index contributed by atoms with van der Waals surface area (Å²) in [6, 6.07) is 6.46. The van der Waals surface area contributed by atoms with Gasteiger partial charge in [0.2, 0.25) is 0 Å². The molecular weight excluding hydrogens is 231 g/mol. The molecule has 0 amide bonds. The zero-order chi connectivity index (χ0) is 13.0. The molecule has 0 aliphatic carbocycles. The molecule has 1 fully saturated rings. The zero-order valence-corrected chi connectivity index (χ0v) is 10.8. The van der Waals surface area contributed by atoms with E-state index >= 15 is 0 Å². The van der Waals surface area contributed by atoms with E-state index in [1.807, 2.05) is 0 Å². The number of aliphatic hydroxyl groups is 1. The summed E-state index contributed by atoms with van der Waals surface area (Å²) >= 11 is 0. The van der Waals surface area contributed by atoms with Crippen LogP contribution in [0.25, 0.3) is 0 Å². The lowest BCUT2D eigenvalue weighted by Gasteiger charge is -2.23. The van der Waals surface area contributed by atoms with E-state index < -0.39 is 6.10 Å². The molecule has 100 valence electrons. The summed E-state index contributed by atoms with van der Waals surface area (Å²) in [4.78, 5) is 4.50. The molecule has 1 atom stereocenters. The Morgan fingerprint density at radius 2 is 2.00 bits per heavy atom. The Morgan fingerprint density at radius 1 is 1.22 bits per heavy atom. The van der Waals surface area contributed by atoms with Crippen LogP contribution in [0.2, 0.25) is 0 Å². The highest BCUT2D eigenvalue weighted by molar-refractivity contribution is 5.20. The Bertz CT molecular complexity index is 386. The molecule has 0 spiro atoms. The van der Waals surface area contributed by atoms with Crippen molar-refractivity contribution in [2.75, 3.05) is 39.8 Å². The van der Waals surface area contributed by atoms with Gasteiger partial charge in [0.05, 0.1) is 6.10 Å². The van der Waals surface area contributed by atoms with Crippen LogP contribution in [0, 0.1) is 5.82 Å². The Morgan fingerprint density at radius 3 is 2.78 bits per heavy atom. The minimum absolute atomic E-state index is 0.322. The number of hydrogen-bond donors (Lipinski definition) is 1. The van der Waals surface area contributed by atoms with E-state index in [9.17, 15) is 9.50 Å². The molecule has 3 nitrogen and oxygen atoms in total. The molecule has 0 bridgehead atoms. The fourth-order valence-electron chi connectivity index (χ4n) is 2.37. The number of benzene rings is 1. The van der Waals surface area contributed by atoms with E-state index in [4.69, 9.17) is 0 Å². The molecule has 18 heavy (non-hydrogen) atoms. The fraction of sp³-hybridized carbons (Fsp3) is 0.571. The average molecular weight is 252 g/mol. The molecule has 2 rings (SSSR count). The SMILES string of the molecule is CN1CCCN(CC(O)c2ccccc2F)CC1. The van der Waals surface area contributed by atoms with Crippen molar-refractivity contribution in [3.8, 4) is 0 Å². The number of β-amino-alcohol motifs (C(OH)–C–C–N with tert-alkyl or cyclic N) is 1. The molecule has 1 aliphatic rings. The number of rotatable bonds is 3. The van der Waals surface area contributed by atoms with Crippen molar-refractivity contribution in [3.63, 3.8) is 0 Å². The van der Waals surface area contributed by atoms with Crippen LogP contribution in [0.1, 0.15) is 18.1 Å². The van der Waals surface area contributed by atoms with E-state index in [-0.39, 0.29) is 5.82 Å². The van der Waals surface area contributed by atoms with Gasteiger partial charge in [-0.2, -0.15) is 0 Å². The van der Waals surface area contributed by atoms with Crippen LogP contribution in [0.5, 0.6) is 0 Å². The number of likely N-dealkylation sites (N-methyl/N-ethyl adjacent to an activating group) is 1. The number of nitrogens with zero attached hydrogens (tertiary/aromatic N) is 2. The molecule has 1 heterocycles. The van der Waals surface area contributed by atoms with Crippen molar-refractivity contribution in [1.29, 1.82) is 0 Å². The van der Waals surface area contributed by atoms with E-state index in [0.29, 0.717) is 12.1 Å². The monoisotopic (exact) mass is 252 g/mol. The molecule has 1 aliphatic heterocycles. The van der Waals surface area contributed by atoms with Crippen molar-refractivity contribution in [2.45, 2.75) is 12.5 Å². The molecule has 1 unspecified atom stereocenters. The van der Waals surface area contributed by atoms with Crippen LogP contribution in [0.15, 0.2) is 24.3 Å². The maximum atomic E-state index is 13.5. The first-order valence-corrected chi connectivity index (χ1v) is 6.50. The standard InChI is InChI=1S/C14H21FN2O/c1-16-7-4-8-17(10-9-16)11-14(18)12-5-2-3-6-13(12)15/h2-3,5-6,14,18H,4,7-11H2,1H3. The van der Waals surface area contributed by atoms with Crippen LogP contribution >= 0.6 is 0 Å². The van der Waals surface area contributed by atoms with Crippen LogP contribution in [0.4, 0.5) is 4.39 Å². The van der Waals surface area contributed by atoms with Crippen LogP contribution in [-0.2, 0) is 0 Å². The second-order valence-corrected chi connectivity index (χ2v) is 4.99. The summed E-state index contributed by atoms with van der Waals surface area (Å²) in [6.45, 7) is 4.50. The van der Waals surface area contributed by atoms with Crippen LogP contribution < -0.4 is 0 Å². The van der Waals surface area contributed by atoms with Crippen molar-refractivity contribution in [1.82, 2.24) is 9.80 Å². The van der Waals surface area contributed by atoms with E-state index in [0.717, 1.165) is 32.6 Å². The van der Waals surface area contributed by atoms with Gasteiger partial charge in [-0.3, -0.25) is 4.90 Å². The first-order chi connectivity index (χ1) is 8.66. The summed E-state index contributed by atoms with van der Waals surface area (Å²) in [7, 11) is 2.11. The van der Waals surface area contributed by atoms with Gasteiger partial charge in [-0.25, -0.2) is 4.39 Å². The molecule has 0 radical (unpaired) electrons. The predicted octanol–water partition coefficient (Wildman–Crippen LogP) is 1.50. The molecule has 1 N–H and O–H groups in total. The third kappa shape index (κ3) is 3.51. The quantitative estimate of drug-likeness (QED) is 0.883. The average Bonchev–Trinajstić information content (AvgIpc) is 2.55. The molecule has 1 aromatic carbocycles. The van der Waals surface area contributed by atoms with Crippen LogP contribution in [-0.4, -0.2) is 54.7 Å². The lowest BCUT2D eigenvalue weighted by Crippen LogP contribution is -2.32. The van der Waals surface area contributed by atoms with E-state index in [1.165, 1.54) is 6.07 Å². The lowest BCUT2D eigenvalue weighted by molar-refractivity contribution is 0.112. The predicted molar refractivity (Wildman–Crippen MR) is 69.9 cm³/mol. The van der Waals surface area contributed by atoms with Crippen molar-refractivity contribution < 1.29 is 9.50 Å². The molecule has 0 saturated carbocycles. The number of halogens is 1. The summed E-state index contributed by atoms with van der Waals surface area (Å²) in [5.41, 5.74) is 0.398. The Hall–Kier alpha value is -0.970. The minimum atomic E-state index is -0.741. The lowest BCUT2D eigenvalue weighted by atomic mass is 10.1. The molecule has 0 aromatic heterocycles. The molecule has 1 saturated heterocycles. The van der Waals surface area contributed by atoms with E-state index in [2.05, 4.69) is 16.8 Å². The van der Waals surface area contributed by atoms with Gasteiger partial charge in [0.1, 0.15) is 5.82 Å². The van der Waals surface area contributed by atoms with Gasteiger partial charge in [-0.05, 0) is 32.6 Å². The topological polar surface area (TPSA) is 26.7 Å². The number of hydrogen-bond acceptors (Lipinski definition) is 3. The van der Waals surface area contributed by atoms with Crippen molar-refractivity contribution in [3.05, 3.63) is 35.6 Å². The summed E-state index contributed by atoms with van der Waals surface area (Å²) in [5, 5.41) is 10.1. The van der Waals surface area contributed by atoms with Gasteiger partial charge in [-0.15, -0.1) is 0 Å². The van der Waals surface area contributed by atoms with Gasteiger partial charge in [0.15, 0.2) is 0 Å². The van der Waals surface area contributed by atoms with Gasteiger partial charge in [0.25, 0.3) is 0 Å². The van der Waals surface area contributed by atoms with Gasteiger partial charge in [0, 0.05) is 25.2 Å². The Kier molecular flexibility index (Phi) is 4.69. The second kappa shape index (κ2) is 6.27. The van der Waals surface area contributed by atoms with Gasteiger partial charge >= 0.3 is 0 Å². The summed E-state index contributed by atoms with van der Waals surface area (Å²) in [5.74, 6) is -0.322. The maximum Gasteiger partial charge on any atom is 0.129 e. The third-order valence-corrected chi connectivity index (χ3v) is 3.51. The Labute approximate surface area is 108 Å². The third-order valence-electron chi connectivity index (χ3n) is 3.51. The van der Waals surface area contributed by atoms with E-state index in [1.54, 1.807) is 18.2 Å². The highest BCUT2D eigenvalue weighted by atomic mass is 19.1. The first kappa shape index (κ1) is 13.5. The van der Waals surface area contributed by atoms with Crippen molar-refractivity contribution >= 4 is 0 Å². The molecule has 4 heteroatoms. The first-order valence-electron chi connectivity index (χ1n) is 6.50. The van der Waals surface area contributed by atoms with Gasteiger partial charge in [-0.1, -0.05) is 18.2 Å². The zero-order valence-electron chi connectivity index (χ0n) is 10.8. The summed E-state index contributed by atoms with van der Waals surface area (Å²) < 4.78 is 13.5. The Balaban J connectivity index is 1.94. The minimum Gasteiger partial charge on any atom is -0.387 e. The summed E-state index contributed by atoms with van der Waals surface area (Å²) in [6.07, 6.45) is 0.357. The van der Waals surface area contributed by atoms with Gasteiger partial charge < -0.3 is 10.0 Å². The normalized spacial score (nSPS) is 20.6. The largest absolute Gasteiger partial charge is 0.387 e. The molecule has 1 aromatic rings. The van der Waals surface area contributed by atoms with Crippen molar-refractivity contribution in [2.24, 2.45) is 0 Å². The second-order valence-electron chi connectivity index (χ2n) is 4.99. The van der Waals surface area contributed by atoms with Crippen LogP contribution in [0.3, 0.4) is 0 Å². The highest BCUT2D eigenvalue weighted by Crippen LogP contribution is 2.18. The smallest absolute Gasteiger partial charge is 0.129 e.